The van der Waals surface area contributed by atoms with Crippen LogP contribution in [0.1, 0.15) is 67.3 Å². The molecule has 18 heavy (non-hydrogen) atoms. The molecule has 0 saturated heterocycles. The molecule has 102 valence electrons. The number of hydrogen-bond donors (Lipinski definition) is 1. The SMILES string of the molecule is Cc1cc(C(C)NC2CCCCCC2C)c(C)s1. The lowest BCUT2D eigenvalue weighted by atomic mass is 9.95. The minimum Gasteiger partial charge on any atom is -0.307 e. The van der Waals surface area contributed by atoms with Gasteiger partial charge < -0.3 is 5.32 Å². The van der Waals surface area contributed by atoms with Gasteiger partial charge in [0.1, 0.15) is 0 Å². The van der Waals surface area contributed by atoms with Crippen LogP contribution in [0, 0.1) is 19.8 Å². The number of hydrogen-bond acceptors (Lipinski definition) is 2. The standard InChI is InChI=1S/C16H27NS/c1-11-8-6-5-7-9-16(11)17-13(3)15-10-12(2)18-14(15)4/h10-11,13,16-17H,5-9H2,1-4H3. The normalized spacial score (nSPS) is 26.9. The second kappa shape index (κ2) is 6.21. The molecule has 0 bridgehead atoms. The molecule has 0 aliphatic heterocycles. The molecule has 0 aromatic carbocycles. The topological polar surface area (TPSA) is 12.0 Å². The van der Waals surface area contributed by atoms with Crippen LogP contribution in [0.5, 0.6) is 0 Å². The summed E-state index contributed by atoms with van der Waals surface area (Å²) in [5.74, 6) is 0.829. The molecule has 1 nitrogen and oxygen atoms in total. The van der Waals surface area contributed by atoms with E-state index >= 15 is 0 Å². The van der Waals surface area contributed by atoms with Crippen LogP contribution >= 0.6 is 11.3 Å². The van der Waals surface area contributed by atoms with Crippen LogP contribution in [-0.2, 0) is 0 Å². The Bertz CT molecular complexity index is 382. The molecule has 1 aliphatic rings. The molecule has 2 heteroatoms. The Labute approximate surface area is 116 Å². The number of aryl methyl sites for hydroxylation is 2. The summed E-state index contributed by atoms with van der Waals surface area (Å²) in [5.41, 5.74) is 1.51. The fourth-order valence-corrected chi connectivity index (χ4v) is 4.25. The zero-order valence-corrected chi connectivity index (χ0v) is 13.1. The van der Waals surface area contributed by atoms with Gasteiger partial charge in [0.2, 0.25) is 0 Å². The fraction of sp³-hybridized carbons (Fsp3) is 0.750. The third kappa shape index (κ3) is 3.36. The van der Waals surface area contributed by atoms with E-state index in [9.17, 15) is 0 Å². The van der Waals surface area contributed by atoms with Crippen molar-refractivity contribution in [3.05, 3.63) is 21.4 Å². The Balaban J connectivity index is 2.01. The third-order valence-electron chi connectivity index (χ3n) is 4.37. The molecular weight excluding hydrogens is 238 g/mol. The predicted molar refractivity (Wildman–Crippen MR) is 81.4 cm³/mol. The molecule has 0 radical (unpaired) electrons. The van der Waals surface area contributed by atoms with Crippen LogP contribution in [0.3, 0.4) is 0 Å². The van der Waals surface area contributed by atoms with Crippen molar-refractivity contribution in [1.29, 1.82) is 0 Å². The lowest BCUT2D eigenvalue weighted by molar-refractivity contribution is 0.330. The van der Waals surface area contributed by atoms with Crippen LogP contribution in [-0.4, -0.2) is 6.04 Å². The van der Waals surface area contributed by atoms with Crippen molar-refractivity contribution in [3.63, 3.8) is 0 Å². The Morgan fingerprint density at radius 2 is 1.94 bits per heavy atom. The van der Waals surface area contributed by atoms with E-state index in [1.165, 1.54) is 47.4 Å². The van der Waals surface area contributed by atoms with Crippen molar-refractivity contribution in [2.75, 3.05) is 0 Å². The molecule has 2 rings (SSSR count). The molecule has 1 aromatic heterocycles. The van der Waals surface area contributed by atoms with Gasteiger partial charge in [0.05, 0.1) is 0 Å². The van der Waals surface area contributed by atoms with Gasteiger partial charge in [-0.05, 0) is 51.2 Å². The Morgan fingerprint density at radius 1 is 1.22 bits per heavy atom. The number of rotatable bonds is 3. The van der Waals surface area contributed by atoms with Crippen LogP contribution in [0.4, 0.5) is 0 Å². The van der Waals surface area contributed by atoms with Crippen molar-refractivity contribution in [1.82, 2.24) is 5.32 Å². The summed E-state index contributed by atoms with van der Waals surface area (Å²) in [7, 11) is 0. The van der Waals surface area contributed by atoms with Gasteiger partial charge in [-0.15, -0.1) is 11.3 Å². The molecule has 1 aromatic rings. The average Bonchev–Trinajstić information content (AvgIpc) is 2.52. The lowest BCUT2D eigenvalue weighted by Gasteiger charge is -2.27. The molecule has 1 heterocycles. The maximum Gasteiger partial charge on any atom is 0.0305 e. The third-order valence-corrected chi connectivity index (χ3v) is 5.35. The summed E-state index contributed by atoms with van der Waals surface area (Å²) in [6.07, 6.45) is 6.99. The van der Waals surface area contributed by atoms with Crippen LogP contribution < -0.4 is 5.32 Å². The molecule has 1 fully saturated rings. The number of nitrogens with one attached hydrogen (secondary N) is 1. The first kappa shape index (κ1) is 14.1. The molecule has 1 aliphatic carbocycles. The highest BCUT2D eigenvalue weighted by atomic mass is 32.1. The molecular formula is C16H27NS. The van der Waals surface area contributed by atoms with E-state index in [2.05, 4.69) is 39.1 Å². The molecule has 3 atom stereocenters. The lowest BCUT2D eigenvalue weighted by Crippen LogP contribution is -2.36. The predicted octanol–water partition coefficient (Wildman–Crippen LogP) is 4.98. The van der Waals surface area contributed by atoms with E-state index in [4.69, 9.17) is 0 Å². The summed E-state index contributed by atoms with van der Waals surface area (Å²) in [6.45, 7) is 9.21. The first-order valence-corrected chi connectivity index (χ1v) is 8.22. The van der Waals surface area contributed by atoms with E-state index in [1.807, 2.05) is 11.3 Å². The first-order chi connectivity index (χ1) is 8.58. The van der Waals surface area contributed by atoms with E-state index in [0.29, 0.717) is 12.1 Å². The quantitative estimate of drug-likeness (QED) is 0.760. The highest BCUT2D eigenvalue weighted by Crippen LogP contribution is 2.29. The monoisotopic (exact) mass is 265 g/mol. The van der Waals surface area contributed by atoms with Crippen molar-refractivity contribution < 1.29 is 0 Å². The molecule has 1 saturated carbocycles. The highest BCUT2D eigenvalue weighted by molar-refractivity contribution is 7.12. The zero-order chi connectivity index (χ0) is 13.1. The molecule has 1 N–H and O–H groups in total. The Morgan fingerprint density at radius 3 is 2.61 bits per heavy atom. The second-order valence-electron chi connectivity index (χ2n) is 5.98. The Kier molecular flexibility index (Phi) is 4.85. The van der Waals surface area contributed by atoms with Crippen molar-refractivity contribution >= 4 is 11.3 Å². The summed E-state index contributed by atoms with van der Waals surface area (Å²) < 4.78 is 0. The van der Waals surface area contributed by atoms with Gasteiger partial charge in [-0.2, -0.15) is 0 Å². The maximum absolute atomic E-state index is 3.89. The summed E-state index contributed by atoms with van der Waals surface area (Å²) >= 11 is 1.92. The van der Waals surface area contributed by atoms with Crippen LogP contribution in [0.25, 0.3) is 0 Å². The van der Waals surface area contributed by atoms with Gasteiger partial charge in [-0.25, -0.2) is 0 Å². The second-order valence-corrected chi connectivity index (χ2v) is 7.44. The van der Waals surface area contributed by atoms with Gasteiger partial charge >= 0.3 is 0 Å². The van der Waals surface area contributed by atoms with E-state index < -0.39 is 0 Å². The summed E-state index contributed by atoms with van der Waals surface area (Å²) in [5, 5.41) is 3.89. The minimum atomic E-state index is 0.500. The van der Waals surface area contributed by atoms with Gasteiger partial charge in [0.25, 0.3) is 0 Å². The van der Waals surface area contributed by atoms with Crippen molar-refractivity contribution in [2.45, 2.75) is 71.9 Å². The molecule has 0 spiro atoms. The van der Waals surface area contributed by atoms with Gasteiger partial charge in [0.15, 0.2) is 0 Å². The largest absolute Gasteiger partial charge is 0.307 e. The highest BCUT2D eigenvalue weighted by Gasteiger charge is 2.22. The van der Waals surface area contributed by atoms with Crippen LogP contribution in [0.2, 0.25) is 0 Å². The van der Waals surface area contributed by atoms with E-state index in [0.717, 1.165) is 5.92 Å². The fourth-order valence-electron chi connectivity index (χ4n) is 3.23. The zero-order valence-electron chi connectivity index (χ0n) is 12.3. The van der Waals surface area contributed by atoms with E-state index in [1.54, 1.807) is 0 Å². The smallest absolute Gasteiger partial charge is 0.0305 e. The van der Waals surface area contributed by atoms with Gasteiger partial charge in [0, 0.05) is 21.8 Å². The van der Waals surface area contributed by atoms with Crippen molar-refractivity contribution in [2.24, 2.45) is 5.92 Å². The molecule has 0 amide bonds. The Hall–Kier alpha value is -0.340. The summed E-state index contributed by atoms with van der Waals surface area (Å²) in [4.78, 5) is 2.92. The van der Waals surface area contributed by atoms with Crippen molar-refractivity contribution in [3.8, 4) is 0 Å². The molecule has 3 unspecified atom stereocenters. The van der Waals surface area contributed by atoms with Gasteiger partial charge in [-0.3, -0.25) is 0 Å². The van der Waals surface area contributed by atoms with Crippen LogP contribution in [0.15, 0.2) is 6.07 Å². The maximum atomic E-state index is 3.89. The van der Waals surface area contributed by atoms with E-state index in [-0.39, 0.29) is 0 Å². The first-order valence-electron chi connectivity index (χ1n) is 7.41. The number of thiophene rings is 1. The van der Waals surface area contributed by atoms with Gasteiger partial charge in [-0.1, -0.05) is 26.2 Å². The minimum absolute atomic E-state index is 0.500. The average molecular weight is 265 g/mol. The summed E-state index contributed by atoms with van der Waals surface area (Å²) in [6, 6.07) is 3.57.